The number of carbonyl (C=O) groups excluding carboxylic acids is 1. The predicted octanol–water partition coefficient (Wildman–Crippen LogP) is 3.88. The Morgan fingerprint density at radius 2 is 1.89 bits per heavy atom. The molecule has 142 valence electrons. The number of carbonyl (C=O) groups is 1. The van der Waals surface area contributed by atoms with Crippen LogP contribution in [0.25, 0.3) is 22.9 Å². The van der Waals surface area contributed by atoms with E-state index in [1.54, 1.807) is 12.1 Å². The van der Waals surface area contributed by atoms with Gasteiger partial charge in [-0.25, -0.2) is 4.39 Å². The molecule has 3 rings (SSSR count). The molecule has 0 aliphatic carbocycles. The van der Waals surface area contributed by atoms with Gasteiger partial charge in [0, 0.05) is 23.0 Å². The molecule has 0 aliphatic heterocycles. The van der Waals surface area contributed by atoms with Gasteiger partial charge >= 0.3 is 0 Å². The van der Waals surface area contributed by atoms with E-state index in [2.05, 4.69) is 15.5 Å². The molecule has 0 radical (unpaired) electrons. The van der Waals surface area contributed by atoms with Gasteiger partial charge in [0.25, 0.3) is 0 Å². The van der Waals surface area contributed by atoms with E-state index in [4.69, 9.17) is 4.42 Å². The first-order chi connectivity index (χ1) is 12.9. The number of aromatic nitrogens is 3. The van der Waals surface area contributed by atoms with Gasteiger partial charge in [-0.05, 0) is 57.5 Å². The molecule has 2 heterocycles. The summed E-state index contributed by atoms with van der Waals surface area (Å²) in [5.74, 6) is 0.341. The van der Waals surface area contributed by atoms with Gasteiger partial charge in [-0.1, -0.05) is 6.92 Å². The maximum Gasteiger partial charge on any atom is 0.249 e. The first-order valence-electron chi connectivity index (χ1n) is 8.95. The van der Waals surface area contributed by atoms with Crippen molar-refractivity contribution >= 4 is 5.91 Å². The summed E-state index contributed by atoms with van der Waals surface area (Å²) in [5, 5.41) is 11.1. The normalized spacial score (nSPS) is 12.2. The van der Waals surface area contributed by atoms with Crippen LogP contribution in [0.3, 0.4) is 0 Å². The summed E-state index contributed by atoms with van der Waals surface area (Å²) < 4.78 is 20.8. The van der Waals surface area contributed by atoms with Crippen LogP contribution in [-0.4, -0.2) is 26.7 Å². The fraction of sp³-hybridized carbons (Fsp3) is 0.350. The zero-order chi connectivity index (χ0) is 19.6. The first-order valence-corrected chi connectivity index (χ1v) is 8.95. The zero-order valence-electron chi connectivity index (χ0n) is 15.9. The quantitative estimate of drug-likeness (QED) is 0.715. The van der Waals surface area contributed by atoms with E-state index in [1.165, 1.54) is 12.1 Å². The Labute approximate surface area is 157 Å². The molecule has 0 unspecified atom stereocenters. The minimum atomic E-state index is -0.322. The van der Waals surface area contributed by atoms with E-state index in [1.807, 2.05) is 38.3 Å². The Morgan fingerprint density at radius 1 is 1.22 bits per heavy atom. The third kappa shape index (κ3) is 4.07. The molecule has 6 nitrogen and oxygen atoms in total. The minimum Gasteiger partial charge on any atom is -0.416 e. The van der Waals surface area contributed by atoms with Crippen LogP contribution in [0.15, 0.2) is 34.7 Å². The van der Waals surface area contributed by atoms with Crippen molar-refractivity contribution < 1.29 is 13.6 Å². The van der Waals surface area contributed by atoms with Crippen LogP contribution in [0.4, 0.5) is 4.39 Å². The van der Waals surface area contributed by atoms with E-state index in [0.717, 1.165) is 23.4 Å². The van der Waals surface area contributed by atoms with Crippen molar-refractivity contribution in [1.82, 2.24) is 20.1 Å². The number of hydrogen-bond acceptors (Lipinski definition) is 4. The van der Waals surface area contributed by atoms with Crippen LogP contribution in [0.5, 0.6) is 0 Å². The van der Waals surface area contributed by atoms with Crippen molar-refractivity contribution in [2.45, 2.75) is 46.7 Å². The van der Waals surface area contributed by atoms with Crippen LogP contribution in [0, 0.1) is 19.7 Å². The summed E-state index contributed by atoms with van der Waals surface area (Å²) in [7, 11) is 0. The predicted molar refractivity (Wildman–Crippen MR) is 100 cm³/mol. The van der Waals surface area contributed by atoms with Crippen LogP contribution >= 0.6 is 0 Å². The summed E-state index contributed by atoms with van der Waals surface area (Å²) in [6, 6.07) is 7.95. The van der Waals surface area contributed by atoms with Gasteiger partial charge in [-0.15, -0.1) is 10.2 Å². The third-order valence-corrected chi connectivity index (χ3v) is 4.64. The summed E-state index contributed by atoms with van der Waals surface area (Å²) in [4.78, 5) is 12.2. The van der Waals surface area contributed by atoms with Gasteiger partial charge in [-0.3, -0.25) is 4.79 Å². The summed E-state index contributed by atoms with van der Waals surface area (Å²) in [5.41, 5.74) is 3.24. The monoisotopic (exact) mass is 370 g/mol. The highest BCUT2D eigenvalue weighted by Gasteiger charge is 2.19. The number of hydrogen-bond donors (Lipinski definition) is 1. The Balaban J connectivity index is 1.84. The summed E-state index contributed by atoms with van der Waals surface area (Å²) in [6.07, 6.45) is 0.884. The average molecular weight is 370 g/mol. The van der Waals surface area contributed by atoms with Gasteiger partial charge in [0.05, 0.1) is 5.56 Å². The lowest BCUT2D eigenvalue weighted by Gasteiger charge is -2.14. The molecule has 1 N–H and O–H groups in total. The summed E-state index contributed by atoms with van der Waals surface area (Å²) in [6.45, 7) is 8.10. The largest absolute Gasteiger partial charge is 0.416 e. The molecular formula is C20H23FN4O2. The van der Waals surface area contributed by atoms with E-state index >= 15 is 0 Å². The van der Waals surface area contributed by atoms with Gasteiger partial charge < -0.3 is 14.3 Å². The van der Waals surface area contributed by atoms with Crippen molar-refractivity contribution in [3.8, 4) is 22.9 Å². The molecule has 3 aromatic rings. The van der Waals surface area contributed by atoms with Crippen molar-refractivity contribution in [2.24, 2.45) is 0 Å². The SMILES string of the molecule is CC[C@@H](C)NC(=O)Cn1c(C)cc(-c2nnc(-c3ccc(F)cc3)o2)c1C. The Hall–Kier alpha value is -2.96. The van der Waals surface area contributed by atoms with Crippen molar-refractivity contribution in [2.75, 3.05) is 0 Å². The zero-order valence-corrected chi connectivity index (χ0v) is 15.9. The number of benzene rings is 1. The fourth-order valence-corrected chi connectivity index (χ4v) is 2.87. The van der Waals surface area contributed by atoms with Crippen LogP contribution in [-0.2, 0) is 11.3 Å². The fourth-order valence-electron chi connectivity index (χ4n) is 2.87. The molecule has 0 fully saturated rings. The van der Waals surface area contributed by atoms with Gasteiger partial charge in [-0.2, -0.15) is 0 Å². The Bertz CT molecular complexity index is 944. The molecular weight excluding hydrogens is 347 g/mol. The minimum absolute atomic E-state index is 0.0322. The molecule has 1 atom stereocenters. The van der Waals surface area contributed by atoms with Crippen molar-refractivity contribution in [3.05, 3.63) is 47.5 Å². The van der Waals surface area contributed by atoms with Crippen LogP contribution in [0.1, 0.15) is 31.7 Å². The average Bonchev–Trinajstić information content (AvgIpc) is 3.22. The van der Waals surface area contributed by atoms with Gasteiger partial charge in [0.1, 0.15) is 12.4 Å². The Morgan fingerprint density at radius 3 is 2.56 bits per heavy atom. The second-order valence-corrected chi connectivity index (χ2v) is 6.67. The highest BCUT2D eigenvalue weighted by Crippen LogP contribution is 2.28. The molecule has 0 spiro atoms. The molecule has 7 heteroatoms. The number of halogens is 1. The number of nitrogens with one attached hydrogen (secondary N) is 1. The summed E-state index contributed by atoms with van der Waals surface area (Å²) >= 11 is 0. The molecule has 0 saturated carbocycles. The molecule has 1 aromatic carbocycles. The molecule has 1 amide bonds. The lowest BCUT2D eigenvalue weighted by atomic mass is 10.2. The van der Waals surface area contributed by atoms with Crippen LogP contribution < -0.4 is 5.32 Å². The highest BCUT2D eigenvalue weighted by molar-refractivity contribution is 5.76. The lowest BCUT2D eigenvalue weighted by molar-refractivity contribution is -0.122. The van der Waals surface area contributed by atoms with Crippen molar-refractivity contribution in [3.63, 3.8) is 0 Å². The van der Waals surface area contributed by atoms with E-state index in [9.17, 15) is 9.18 Å². The Kier molecular flexibility index (Phi) is 5.39. The molecule has 27 heavy (non-hydrogen) atoms. The second-order valence-electron chi connectivity index (χ2n) is 6.67. The van der Waals surface area contributed by atoms with E-state index in [0.29, 0.717) is 17.3 Å². The van der Waals surface area contributed by atoms with Gasteiger partial charge in [0.2, 0.25) is 17.7 Å². The standard InChI is InChI=1S/C20H23FN4O2/c1-5-12(2)22-18(26)11-25-13(3)10-17(14(25)4)20-24-23-19(27-20)15-6-8-16(21)9-7-15/h6-10,12H,5,11H2,1-4H3,(H,22,26)/t12-/m1/s1. The third-order valence-electron chi connectivity index (χ3n) is 4.64. The number of aryl methyl sites for hydroxylation is 1. The number of nitrogens with zero attached hydrogens (tertiary/aromatic N) is 3. The second kappa shape index (κ2) is 7.73. The maximum atomic E-state index is 13.1. The van der Waals surface area contributed by atoms with Crippen LogP contribution in [0.2, 0.25) is 0 Å². The molecule has 0 aliphatic rings. The van der Waals surface area contributed by atoms with E-state index < -0.39 is 0 Å². The molecule has 2 aromatic heterocycles. The number of rotatable bonds is 6. The van der Waals surface area contributed by atoms with Crippen molar-refractivity contribution in [1.29, 1.82) is 0 Å². The highest BCUT2D eigenvalue weighted by atomic mass is 19.1. The smallest absolute Gasteiger partial charge is 0.249 e. The van der Waals surface area contributed by atoms with Gasteiger partial charge in [0.15, 0.2) is 0 Å². The lowest BCUT2D eigenvalue weighted by Crippen LogP contribution is -2.35. The number of amides is 1. The maximum absolute atomic E-state index is 13.1. The first kappa shape index (κ1) is 18.8. The van der Waals surface area contributed by atoms with E-state index in [-0.39, 0.29) is 24.3 Å². The topological polar surface area (TPSA) is 73.0 Å². The molecule has 0 saturated heterocycles. The molecule has 0 bridgehead atoms.